The van der Waals surface area contributed by atoms with Crippen LogP contribution in [0.5, 0.6) is 0 Å². The van der Waals surface area contributed by atoms with Crippen molar-refractivity contribution in [1.82, 2.24) is 14.3 Å². The number of amides is 1. The number of Topliss-reactive ketones (excluding diaryl/α,β-unsaturated/α-hetero) is 1. The molecule has 0 bridgehead atoms. The van der Waals surface area contributed by atoms with Crippen molar-refractivity contribution in [2.24, 2.45) is 5.73 Å². The van der Waals surface area contributed by atoms with E-state index in [4.69, 9.17) is 33.7 Å². The number of halogens is 5. The zero-order valence-corrected chi connectivity index (χ0v) is 21.2. The first-order valence-electron chi connectivity index (χ1n) is 11.2. The first-order chi connectivity index (χ1) is 17.9. The highest BCUT2D eigenvalue weighted by Gasteiger charge is 2.39. The van der Waals surface area contributed by atoms with E-state index in [2.05, 4.69) is 5.10 Å². The molecule has 3 aromatic rings. The van der Waals surface area contributed by atoms with E-state index in [-0.39, 0.29) is 30.8 Å². The highest BCUT2D eigenvalue weighted by Crippen LogP contribution is 2.29. The molecule has 1 aromatic heterocycles. The summed E-state index contributed by atoms with van der Waals surface area (Å²) in [5.74, 6) is -1.13. The molecule has 0 aliphatic heterocycles. The number of ether oxygens (including phenoxy) is 1. The number of benzene rings is 2. The fourth-order valence-corrected chi connectivity index (χ4v) is 4.11. The Bertz CT molecular complexity index is 1340. The van der Waals surface area contributed by atoms with Gasteiger partial charge < -0.3 is 15.6 Å². The van der Waals surface area contributed by atoms with Crippen LogP contribution in [0.15, 0.2) is 53.3 Å². The number of hydrogen-bond acceptors (Lipinski definition) is 6. The Morgan fingerprint density at radius 2 is 1.76 bits per heavy atom. The van der Waals surface area contributed by atoms with Crippen molar-refractivity contribution in [2.45, 2.75) is 44.1 Å². The van der Waals surface area contributed by atoms with Gasteiger partial charge in [-0.3, -0.25) is 9.36 Å². The number of nitrogens with two attached hydrogens (primary N) is 1. The molecule has 0 spiro atoms. The van der Waals surface area contributed by atoms with Gasteiger partial charge in [-0.15, -0.1) is 5.10 Å². The number of rotatable bonds is 11. The topological polar surface area (TPSA) is 129 Å². The van der Waals surface area contributed by atoms with Crippen LogP contribution in [-0.2, 0) is 22.6 Å². The Kier molecular flexibility index (Phi) is 9.58. The lowest BCUT2D eigenvalue weighted by Gasteiger charge is -2.18. The summed E-state index contributed by atoms with van der Waals surface area (Å²) in [6, 6.07) is 12.6. The fraction of sp³-hybridized carbons (Fsp3) is 0.333. The molecule has 1 unspecified atom stereocenters. The van der Waals surface area contributed by atoms with Crippen LogP contribution in [0.25, 0.3) is 11.4 Å². The average Bonchev–Trinajstić information content (AvgIpc) is 3.14. The Morgan fingerprint density at radius 1 is 1.11 bits per heavy atom. The first kappa shape index (κ1) is 29.2. The maximum absolute atomic E-state index is 13.0. The lowest BCUT2D eigenvalue weighted by Crippen LogP contribution is -2.37. The highest BCUT2D eigenvalue weighted by molar-refractivity contribution is 6.31. The number of primary amides is 1. The maximum atomic E-state index is 13.0. The molecule has 9 nitrogen and oxygen atoms in total. The Labute approximate surface area is 224 Å². The van der Waals surface area contributed by atoms with E-state index in [0.29, 0.717) is 20.2 Å². The molecule has 0 radical (unpaired) electrons. The van der Waals surface area contributed by atoms with E-state index in [1.54, 1.807) is 24.3 Å². The predicted molar refractivity (Wildman–Crippen MR) is 133 cm³/mol. The molecule has 38 heavy (non-hydrogen) atoms. The second-order valence-electron chi connectivity index (χ2n) is 8.36. The van der Waals surface area contributed by atoms with Crippen molar-refractivity contribution in [3.63, 3.8) is 0 Å². The summed E-state index contributed by atoms with van der Waals surface area (Å²) in [5, 5.41) is 14.4. The zero-order valence-electron chi connectivity index (χ0n) is 19.7. The normalized spacial score (nSPS) is 13.2. The second kappa shape index (κ2) is 12.5. The summed E-state index contributed by atoms with van der Waals surface area (Å²) in [7, 11) is 0. The lowest BCUT2D eigenvalue weighted by atomic mass is 9.94. The van der Waals surface area contributed by atoms with Crippen LogP contribution in [0.2, 0.25) is 10.0 Å². The van der Waals surface area contributed by atoms with Gasteiger partial charge in [0.25, 0.3) is 0 Å². The van der Waals surface area contributed by atoms with Gasteiger partial charge in [0.05, 0.1) is 6.54 Å². The highest BCUT2D eigenvalue weighted by atomic mass is 35.5. The van der Waals surface area contributed by atoms with Crippen LogP contribution < -0.4 is 11.4 Å². The number of carbonyl (C=O) groups is 2. The van der Waals surface area contributed by atoms with Crippen LogP contribution in [-0.4, -0.2) is 50.2 Å². The van der Waals surface area contributed by atoms with Crippen molar-refractivity contribution in [1.29, 1.82) is 0 Å². The molecule has 1 amide bonds. The third-order valence-electron chi connectivity index (χ3n) is 5.63. The van der Waals surface area contributed by atoms with Crippen LogP contribution >= 0.6 is 23.2 Å². The molecule has 2 atom stereocenters. The quantitative estimate of drug-likeness (QED) is 0.353. The van der Waals surface area contributed by atoms with Gasteiger partial charge >= 0.3 is 18.0 Å². The summed E-state index contributed by atoms with van der Waals surface area (Å²) in [4.78, 5) is 36.8. The SMILES string of the molecule is NC(=O)OCC(CCC(=O)Cn1nc(-c2ccc(Cl)cc2)n(C[C@H](O)C(F)(F)F)c1=O)c1ccccc1Cl. The van der Waals surface area contributed by atoms with Gasteiger partial charge in [-0.05, 0) is 42.3 Å². The van der Waals surface area contributed by atoms with Crippen LogP contribution in [0.3, 0.4) is 0 Å². The summed E-state index contributed by atoms with van der Waals surface area (Å²) in [6.45, 7) is -1.80. The molecule has 0 fully saturated rings. The number of aliphatic hydroxyl groups excluding tert-OH is 1. The molecule has 2 aromatic carbocycles. The summed E-state index contributed by atoms with van der Waals surface area (Å²) in [6.07, 6.45) is -8.74. The summed E-state index contributed by atoms with van der Waals surface area (Å²) >= 11 is 12.1. The standard InChI is InChI=1S/C24H23Cl2F3N4O5/c25-16-8-5-14(6-9-16)21-31-33(23(37)32(21)12-20(35)24(27,28)29)11-17(34)10-7-15(13-38-22(30)36)18-3-1-2-4-19(18)26/h1-6,8-9,15,20,35H,7,10-13H2,(H2,30,36)/t15?,20-/m0/s1. The summed E-state index contributed by atoms with van der Waals surface area (Å²) < 4.78 is 45.3. The van der Waals surface area contributed by atoms with Crippen molar-refractivity contribution in [3.05, 3.63) is 74.6 Å². The lowest BCUT2D eigenvalue weighted by molar-refractivity contribution is -0.207. The van der Waals surface area contributed by atoms with E-state index in [1.165, 1.54) is 24.3 Å². The molecular formula is C24H23Cl2F3N4O5. The molecular weight excluding hydrogens is 552 g/mol. The van der Waals surface area contributed by atoms with Gasteiger partial charge in [0.2, 0.25) is 0 Å². The monoisotopic (exact) mass is 574 g/mol. The molecule has 3 rings (SSSR count). The van der Waals surface area contributed by atoms with Crippen LogP contribution in [0.1, 0.15) is 24.3 Å². The van der Waals surface area contributed by atoms with Gasteiger partial charge in [0.1, 0.15) is 13.2 Å². The number of carbonyl (C=O) groups excluding carboxylic acids is 2. The Morgan fingerprint density at radius 3 is 2.37 bits per heavy atom. The number of hydrogen-bond donors (Lipinski definition) is 2. The fourth-order valence-electron chi connectivity index (χ4n) is 3.70. The molecule has 14 heteroatoms. The molecule has 3 N–H and O–H groups in total. The van der Waals surface area contributed by atoms with Crippen molar-refractivity contribution in [2.75, 3.05) is 6.61 Å². The van der Waals surface area contributed by atoms with Gasteiger partial charge in [0.15, 0.2) is 17.7 Å². The van der Waals surface area contributed by atoms with Crippen LogP contribution in [0.4, 0.5) is 18.0 Å². The van der Waals surface area contributed by atoms with Gasteiger partial charge in [-0.1, -0.05) is 41.4 Å². The smallest absolute Gasteiger partial charge is 0.416 e. The minimum absolute atomic E-state index is 0.0984. The first-order valence-corrected chi connectivity index (χ1v) is 12.0. The van der Waals surface area contributed by atoms with E-state index in [0.717, 1.165) is 4.68 Å². The van der Waals surface area contributed by atoms with E-state index < -0.39 is 48.9 Å². The van der Waals surface area contributed by atoms with Gasteiger partial charge in [-0.2, -0.15) is 13.2 Å². The van der Waals surface area contributed by atoms with Crippen molar-refractivity contribution < 1.29 is 32.6 Å². The Balaban J connectivity index is 1.83. The molecule has 0 aliphatic rings. The molecule has 0 aliphatic carbocycles. The summed E-state index contributed by atoms with van der Waals surface area (Å²) in [5.41, 5.74) is 4.93. The number of ketones is 1. The number of alkyl halides is 3. The predicted octanol–water partition coefficient (Wildman–Crippen LogP) is 4.17. The average molecular weight is 575 g/mol. The molecule has 0 saturated heterocycles. The molecule has 1 heterocycles. The maximum Gasteiger partial charge on any atom is 0.416 e. The largest absolute Gasteiger partial charge is 0.449 e. The van der Waals surface area contributed by atoms with Gasteiger partial charge in [0, 0.05) is 27.9 Å². The van der Waals surface area contributed by atoms with Crippen LogP contribution in [0, 0.1) is 0 Å². The van der Waals surface area contributed by atoms with Crippen molar-refractivity contribution >= 4 is 35.1 Å². The third kappa shape index (κ3) is 7.59. The van der Waals surface area contributed by atoms with Gasteiger partial charge in [-0.25, -0.2) is 14.3 Å². The molecule has 0 saturated carbocycles. The number of nitrogens with zero attached hydrogens (tertiary/aromatic N) is 3. The number of aromatic nitrogens is 3. The Hall–Kier alpha value is -3.35. The van der Waals surface area contributed by atoms with E-state index in [1.807, 2.05) is 0 Å². The third-order valence-corrected chi connectivity index (χ3v) is 6.22. The van der Waals surface area contributed by atoms with Crippen molar-refractivity contribution in [3.8, 4) is 11.4 Å². The second-order valence-corrected chi connectivity index (χ2v) is 9.21. The van der Waals surface area contributed by atoms with E-state index in [9.17, 15) is 32.7 Å². The van der Waals surface area contributed by atoms with E-state index >= 15 is 0 Å². The minimum Gasteiger partial charge on any atom is -0.449 e. The number of aliphatic hydroxyl groups is 1. The zero-order chi connectivity index (χ0) is 28.0. The molecule has 204 valence electrons. The minimum atomic E-state index is -4.98.